The van der Waals surface area contributed by atoms with Crippen molar-refractivity contribution in [1.82, 2.24) is 10.3 Å². The molecular weight excluding hydrogens is 387 g/mol. The maximum atomic E-state index is 13.3. The third kappa shape index (κ3) is 4.28. The van der Waals surface area contributed by atoms with Crippen LogP contribution in [0.4, 0.5) is 15.9 Å². The first kappa shape index (κ1) is 21.7. The Balaban J connectivity index is 2.07. The molecular formula is C22H27FN4O3. The summed E-state index contributed by atoms with van der Waals surface area (Å²) in [5.41, 5.74) is 1.97. The molecule has 0 aliphatic carbocycles. The van der Waals surface area contributed by atoms with Gasteiger partial charge in [-0.3, -0.25) is 9.59 Å². The van der Waals surface area contributed by atoms with E-state index in [-0.39, 0.29) is 43.0 Å². The van der Waals surface area contributed by atoms with Crippen LogP contribution in [0.5, 0.6) is 0 Å². The highest BCUT2D eigenvalue weighted by Crippen LogP contribution is 2.43. The van der Waals surface area contributed by atoms with E-state index in [1.54, 1.807) is 29.2 Å². The smallest absolute Gasteiger partial charge is 0.251 e. The van der Waals surface area contributed by atoms with Crippen molar-refractivity contribution in [2.45, 2.75) is 39.3 Å². The molecule has 0 fully saturated rings. The predicted molar refractivity (Wildman–Crippen MR) is 113 cm³/mol. The van der Waals surface area contributed by atoms with Crippen LogP contribution in [0.2, 0.25) is 0 Å². The first-order chi connectivity index (χ1) is 14.4. The van der Waals surface area contributed by atoms with Crippen molar-refractivity contribution in [1.29, 1.82) is 0 Å². The van der Waals surface area contributed by atoms with Gasteiger partial charge in [-0.2, -0.15) is 0 Å². The molecule has 2 aromatic rings. The molecule has 3 atom stereocenters. The fourth-order valence-electron chi connectivity index (χ4n) is 4.14. The summed E-state index contributed by atoms with van der Waals surface area (Å²) in [6, 6.07) is 7.86. The Morgan fingerprint density at radius 3 is 2.63 bits per heavy atom. The van der Waals surface area contributed by atoms with E-state index < -0.39 is 5.82 Å². The Bertz CT molecular complexity index is 919. The van der Waals surface area contributed by atoms with E-state index in [1.165, 1.54) is 13.0 Å². The molecule has 0 bridgehead atoms. The summed E-state index contributed by atoms with van der Waals surface area (Å²) in [5, 5.41) is 15.0. The van der Waals surface area contributed by atoms with E-state index in [4.69, 9.17) is 5.11 Å². The van der Waals surface area contributed by atoms with Crippen molar-refractivity contribution in [3.05, 3.63) is 53.5 Å². The zero-order valence-electron chi connectivity index (χ0n) is 17.4. The normalized spacial score (nSPS) is 20.4. The fourth-order valence-corrected chi connectivity index (χ4v) is 4.14. The topological polar surface area (TPSA) is 94.6 Å². The number of carbonyl (C=O) groups is 2. The maximum absolute atomic E-state index is 13.3. The van der Waals surface area contributed by atoms with Gasteiger partial charge in [0, 0.05) is 36.7 Å². The number of carbonyl (C=O) groups excluding carboxylic acids is 2. The molecule has 3 N–H and O–H groups in total. The Morgan fingerprint density at radius 2 is 2.03 bits per heavy atom. The summed E-state index contributed by atoms with van der Waals surface area (Å²) in [6.45, 7) is 5.63. The molecule has 0 saturated carbocycles. The summed E-state index contributed by atoms with van der Waals surface area (Å²) in [7, 11) is 0. The number of aromatic nitrogens is 1. The van der Waals surface area contributed by atoms with Crippen LogP contribution in [-0.4, -0.2) is 41.1 Å². The number of aliphatic hydroxyl groups is 1. The van der Waals surface area contributed by atoms with Gasteiger partial charge in [-0.25, -0.2) is 9.37 Å². The zero-order valence-corrected chi connectivity index (χ0v) is 17.4. The second kappa shape index (κ2) is 9.21. The largest absolute Gasteiger partial charge is 0.395 e. The zero-order chi connectivity index (χ0) is 21.8. The van der Waals surface area contributed by atoms with Crippen LogP contribution >= 0.6 is 0 Å². The third-order valence-electron chi connectivity index (χ3n) is 5.53. The van der Waals surface area contributed by atoms with E-state index in [9.17, 15) is 14.0 Å². The molecule has 1 aliphatic rings. The number of hydrogen-bond donors (Lipinski definition) is 3. The molecule has 8 heteroatoms. The van der Waals surface area contributed by atoms with Crippen LogP contribution in [0.25, 0.3) is 0 Å². The van der Waals surface area contributed by atoms with Gasteiger partial charge in [0.15, 0.2) is 0 Å². The van der Waals surface area contributed by atoms with Crippen LogP contribution in [0.3, 0.4) is 0 Å². The number of hydrogen-bond acceptors (Lipinski definition) is 5. The van der Waals surface area contributed by atoms with Crippen molar-refractivity contribution in [2.24, 2.45) is 5.92 Å². The molecule has 1 aliphatic heterocycles. The Labute approximate surface area is 175 Å². The SMILES string of the molecule is CCC1C(C)C(Nc2ccc(F)cn2)c2cc(C(=O)NCCO)ccc2N1C(C)=O. The predicted octanol–water partition coefficient (Wildman–Crippen LogP) is 2.88. The van der Waals surface area contributed by atoms with Gasteiger partial charge in [0.25, 0.3) is 5.91 Å². The number of rotatable bonds is 6. The lowest BCUT2D eigenvalue weighted by atomic mass is 9.80. The minimum Gasteiger partial charge on any atom is -0.395 e. The molecule has 2 heterocycles. The van der Waals surface area contributed by atoms with Crippen molar-refractivity contribution >= 4 is 23.3 Å². The van der Waals surface area contributed by atoms with Gasteiger partial charge in [0.2, 0.25) is 5.91 Å². The number of anilines is 2. The first-order valence-electron chi connectivity index (χ1n) is 10.1. The van der Waals surface area contributed by atoms with E-state index in [2.05, 4.69) is 15.6 Å². The van der Waals surface area contributed by atoms with Gasteiger partial charge in [0.1, 0.15) is 11.6 Å². The summed E-state index contributed by atoms with van der Waals surface area (Å²) in [5.74, 6) is -0.264. The lowest BCUT2D eigenvalue weighted by Gasteiger charge is -2.45. The molecule has 2 amide bonds. The van der Waals surface area contributed by atoms with Crippen LogP contribution in [0.15, 0.2) is 36.5 Å². The monoisotopic (exact) mass is 414 g/mol. The lowest BCUT2D eigenvalue weighted by Crippen LogP contribution is -2.49. The van der Waals surface area contributed by atoms with Gasteiger partial charge in [-0.1, -0.05) is 13.8 Å². The molecule has 1 aromatic carbocycles. The number of nitrogens with one attached hydrogen (secondary N) is 2. The number of aliphatic hydroxyl groups excluding tert-OH is 1. The summed E-state index contributed by atoms with van der Waals surface area (Å²) in [4.78, 5) is 30.8. The van der Waals surface area contributed by atoms with Crippen LogP contribution in [0, 0.1) is 11.7 Å². The summed E-state index contributed by atoms with van der Waals surface area (Å²) >= 11 is 0. The Hall–Kier alpha value is -3.00. The average molecular weight is 414 g/mol. The molecule has 1 aromatic heterocycles. The molecule has 0 saturated heterocycles. The number of halogens is 1. The average Bonchev–Trinajstić information content (AvgIpc) is 2.74. The Kier molecular flexibility index (Phi) is 6.66. The van der Waals surface area contributed by atoms with E-state index in [0.717, 1.165) is 23.9 Å². The number of benzene rings is 1. The van der Waals surface area contributed by atoms with Crippen molar-refractivity contribution in [2.75, 3.05) is 23.4 Å². The molecule has 0 radical (unpaired) electrons. The van der Waals surface area contributed by atoms with Gasteiger partial charge in [0.05, 0.1) is 18.8 Å². The third-order valence-corrected chi connectivity index (χ3v) is 5.53. The van der Waals surface area contributed by atoms with Crippen LogP contribution in [0.1, 0.15) is 49.2 Å². The van der Waals surface area contributed by atoms with Gasteiger partial charge in [-0.15, -0.1) is 0 Å². The molecule has 3 rings (SSSR count). The molecule has 30 heavy (non-hydrogen) atoms. The van der Waals surface area contributed by atoms with E-state index in [1.807, 2.05) is 13.8 Å². The second-order valence-electron chi connectivity index (χ2n) is 7.46. The van der Waals surface area contributed by atoms with Crippen molar-refractivity contribution in [3.63, 3.8) is 0 Å². The number of amides is 2. The summed E-state index contributed by atoms with van der Waals surface area (Å²) in [6.07, 6.45) is 1.91. The van der Waals surface area contributed by atoms with Crippen LogP contribution in [-0.2, 0) is 4.79 Å². The fraction of sp³-hybridized carbons (Fsp3) is 0.409. The lowest BCUT2D eigenvalue weighted by molar-refractivity contribution is -0.117. The molecule has 0 spiro atoms. The van der Waals surface area contributed by atoms with Gasteiger partial charge < -0.3 is 20.6 Å². The standard InChI is InChI=1S/C22H27FN4O3/c1-4-18-13(2)21(26-20-8-6-16(23)12-25-20)17-11-15(22(30)24-9-10-28)5-7-19(17)27(18)14(3)29/h5-8,11-13,18,21,28H,4,9-10H2,1-3H3,(H,24,30)(H,25,26). The van der Waals surface area contributed by atoms with Crippen LogP contribution < -0.4 is 15.5 Å². The van der Waals surface area contributed by atoms with Gasteiger partial charge >= 0.3 is 0 Å². The number of nitrogens with zero attached hydrogens (tertiary/aromatic N) is 2. The highest BCUT2D eigenvalue weighted by molar-refractivity contribution is 5.98. The van der Waals surface area contributed by atoms with Crippen molar-refractivity contribution < 1.29 is 19.1 Å². The number of fused-ring (bicyclic) bond motifs is 1. The van der Waals surface area contributed by atoms with Crippen molar-refractivity contribution in [3.8, 4) is 0 Å². The molecule has 3 unspecified atom stereocenters. The highest BCUT2D eigenvalue weighted by Gasteiger charge is 2.40. The maximum Gasteiger partial charge on any atom is 0.251 e. The quantitative estimate of drug-likeness (QED) is 0.676. The minimum atomic E-state index is -0.422. The molecule has 7 nitrogen and oxygen atoms in total. The van der Waals surface area contributed by atoms with E-state index >= 15 is 0 Å². The summed E-state index contributed by atoms with van der Waals surface area (Å²) < 4.78 is 13.3. The second-order valence-corrected chi connectivity index (χ2v) is 7.46. The minimum absolute atomic E-state index is 0.00834. The van der Waals surface area contributed by atoms with Gasteiger partial charge in [-0.05, 0) is 42.3 Å². The Morgan fingerprint density at radius 1 is 1.27 bits per heavy atom. The number of pyridine rings is 1. The molecule has 160 valence electrons. The first-order valence-corrected chi connectivity index (χ1v) is 10.1. The highest BCUT2D eigenvalue weighted by atomic mass is 19.1. The van der Waals surface area contributed by atoms with E-state index in [0.29, 0.717) is 11.4 Å².